The molecule has 1 saturated heterocycles. The van der Waals surface area contributed by atoms with Crippen molar-refractivity contribution in [1.29, 1.82) is 0 Å². The standard InChI is InChI=1S/C14H25N5/c1-12(19-9-5-4-6-10-19)11-16-13-7-8-15-14(17-13)18(2)3/h7-8,12H,4-6,9-11H2,1-3H3,(H,15,16,17). The Bertz CT molecular complexity index is 387. The molecule has 0 radical (unpaired) electrons. The Morgan fingerprint density at radius 3 is 2.74 bits per heavy atom. The molecule has 2 heterocycles. The summed E-state index contributed by atoms with van der Waals surface area (Å²) in [6.07, 6.45) is 5.86. The molecule has 0 aromatic carbocycles. The Kier molecular flexibility index (Phi) is 4.96. The van der Waals surface area contributed by atoms with E-state index in [1.165, 1.54) is 32.4 Å². The fourth-order valence-corrected chi connectivity index (χ4v) is 2.40. The van der Waals surface area contributed by atoms with Crippen LogP contribution < -0.4 is 10.2 Å². The average molecular weight is 263 g/mol. The van der Waals surface area contributed by atoms with Gasteiger partial charge in [-0.05, 0) is 38.9 Å². The molecule has 0 saturated carbocycles. The first kappa shape index (κ1) is 14.1. The van der Waals surface area contributed by atoms with Gasteiger partial charge in [0.2, 0.25) is 5.95 Å². The van der Waals surface area contributed by atoms with Crippen molar-refractivity contribution in [2.24, 2.45) is 0 Å². The summed E-state index contributed by atoms with van der Waals surface area (Å²) in [4.78, 5) is 13.2. The van der Waals surface area contributed by atoms with Gasteiger partial charge in [-0.15, -0.1) is 0 Å². The number of hydrogen-bond acceptors (Lipinski definition) is 5. The van der Waals surface area contributed by atoms with Crippen molar-refractivity contribution in [1.82, 2.24) is 14.9 Å². The SMILES string of the molecule is CC(CNc1ccnc(N(C)C)n1)N1CCCCC1. The van der Waals surface area contributed by atoms with Gasteiger partial charge in [0.15, 0.2) is 0 Å². The molecule has 1 aliphatic heterocycles. The molecule has 5 heteroatoms. The molecule has 0 bridgehead atoms. The van der Waals surface area contributed by atoms with Gasteiger partial charge in [-0.3, -0.25) is 4.90 Å². The molecule has 0 spiro atoms. The zero-order chi connectivity index (χ0) is 13.7. The summed E-state index contributed by atoms with van der Waals surface area (Å²) in [5.41, 5.74) is 0. The fraction of sp³-hybridized carbons (Fsp3) is 0.714. The van der Waals surface area contributed by atoms with E-state index in [9.17, 15) is 0 Å². The van der Waals surface area contributed by atoms with Crippen LogP contribution in [0.3, 0.4) is 0 Å². The monoisotopic (exact) mass is 263 g/mol. The van der Waals surface area contributed by atoms with E-state index < -0.39 is 0 Å². The van der Waals surface area contributed by atoms with Crippen LogP contribution in [0, 0.1) is 0 Å². The largest absolute Gasteiger partial charge is 0.368 e. The average Bonchev–Trinajstić information content (AvgIpc) is 2.46. The van der Waals surface area contributed by atoms with Crippen LogP contribution in [0.5, 0.6) is 0 Å². The summed E-state index contributed by atoms with van der Waals surface area (Å²) in [6.45, 7) is 5.68. The summed E-state index contributed by atoms with van der Waals surface area (Å²) in [5, 5.41) is 3.42. The van der Waals surface area contributed by atoms with Crippen molar-refractivity contribution in [3.8, 4) is 0 Å². The molecule has 5 nitrogen and oxygen atoms in total. The number of aromatic nitrogens is 2. The first-order valence-electron chi connectivity index (χ1n) is 7.15. The number of likely N-dealkylation sites (tertiary alicyclic amines) is 1. The Morgan fingerprint density at radius 2 is 2.05 bits per heavy atom. The number of hydrogen-bond donors (Lipinski definition) is 1. The Morgan fingerprint density at radius 1 is 1.32 bits per heavy atom. The highest BCUT2D eigenvalue weighted by Gasteiger charge is 2.16. The number of nitrogens with zero attached hydrogens (tertiary/aromatic N) is 4. The molecular weight excluding hydrogens is 238 g/mol. The summed E-state index contributed by atoms with van der Waals surface area (Å²) in [5.74, 6) is 1.65. The van der Waals surface area contributed by atoms with Gasteiger partial charge in [-0.1, -0.05) is 6.42 Å². The summed E-state index contributed by atoms with van der Waals surface area (Å²) >= 11 is 0. The molecule has 1 aromatic heterocycles. The maximum atomic E-state index is 4.47. The first-order chi connectivity index (χ1) is 9.16. The van der Waals surface area contributed by atoms with E-state index in [1.54, 1.807) is 6.20 Å². The van der Waals surface area contributed by atoms with E-state index in [0.717, 1.165) is 18.3 Å². The van der Waals surface area contributed by atoms with Gasteiger partial charge in [0.25, 0.3) is 0 Å². The van der Waals surface area contributed by atoms with Gasteiger partial charge >= 0.3 is 0 Å². The first-order valence-corrected chi connectivity index (χ1v) is 7.15. The normalized spacial score (nSPS) is 18.1. The smallest absolute Gasteiger partial charge is 0.226 e. The van der Waals surface area contributed by atoms with E-state index >= 15 is 0 Å². The van der Waals surface area contributed by atoms with Crippen molar-refractivity contribution >= 4 is 11.8 Å². The van der Waals surface area contributed by atoms with Crippen LogP contribution in [-0.4, -0.2) is 54.6 Å². The molecule has 1 aromatic rings. The van der Waals surface area contributed by atoms with Crippen LogP contribution in [0.1, 0.15) is 26.2 Å². The van der Waals surface area contributed by atoms with Gasteiger partial charge in [0, 0.05) is 32.9 Å². The van der Waals surface area contributed by atoms with Crippen LogP contribution in [0.4, 0.5) is 11.8 Å². The van der Waals surface area contributed by atoms with Crippen LogP contribution in [0.25, 0.3) is 0 Å². The second kappa shape index (κ2) is 6.70. The molecule has 1 aliphatic rings. The number of anilines is 2. The molecule has 0 aliphatic carbocycles. The van der Waals surface area contributed by atoms with E-state index in [2.05, 4.69) is 27.1 Å². The van der Waals surface area contributed by atoms with Gasteiger partial charge in [-0.2, -0.15) is 4.98 Å². The minimum absolute atomic E-state index is 0.554. The van der Waals surface area contributed by atoms with Gasteiger partial charge in [0.1, 0.15) is 5.82 Å². The van der Waals surface area contributed by atoms with Crippen LogP contribution in [-0.2, 0) is 0 Å². The van der Waals surface area contributed by atoms with E-state index in [4.69, 9.17) is 0 Å². The molecule has 1 unspecified atom stereocenters. The lowest BCUT2D eigenvalue weighted by molar-refractivity contribution is 0.180. The van der Waals surface area contributed by atoms with E-state index in [0.29, 0.717) is 6.04 Å². The lowest BCUT2D eigenvalue weighted by atomic mass is 10.1. The van der Waals surface area contributed by atoms with Crippen molar-refractivity contribution in [2.75, 3.05) is 43.9 Å². The quantitative estimate of drug-likeness (QED) is 0.878. The minimum atomic E-state index is 0.554. The zero-order valence-electron chi connectivity index (χ0n) is 12.3. The number of piperidine rings is 1. The minimum Gasteiger partial charge on any atom is -0.368 e. The van der Waals surface area contributed by atoms with Crippen molar-refractivity contribution in [3.63, 3.8) is 0 Å². The van der Waals surface area contributed by atoms with Gasteiger partial charge < -0.3 is 10.2 Å². The molecular formula is C14H25N5. The Balaban J connectivity index is 1.85. The zero-order valence-corrected chi connectivity index (χ0v) is 12.3. The van der Waals surface area contributed by atoms with Crippen molar-refractivity contribution in [3.05, 3.63) is 12.3 Å². The summed E-state index contributed by atoms with van der Waals surface area (Å²) in [6, 6.07) is 2.48. The second-order valence-corrected chi connectivity index (χ2v) is 5.46. The maximum Gasteiger partial charge on any atom is 0.226 e. The third kappa shape index (κ3) is 4.06. The Labute approximate surface area is 116 Å². The molecule has 0 amide bonds. The fourth-order valence-electron chi connectivity index (χ4n) is 2.40. The maximum absolute atomic E-state index is 4.47. The molecule has 1 atom stereocenters. The topological polar surface area (TPSA) is 44.3 Å². The van der Waals surface area contributed by atoms with Crippen LogP contribution in [0.2, 0.25) is 0 Å². The lowest BCUT2D eigenvalue weighted by Crippen LogP contribution is -2.41. The van der Waals surface area contributed by atoms with E-state index in [1.807, 2.05) is 25.1 Å². The summed E-state index contributed by atoms with van der Waals surface area (Å²) < 4.78 is 0. The third-order valence-corrected chi connectivity index (χ3v) is 3.64. The summed E-state index contributed by atoms with van der Waals surface area (Å²) in [7, 11) is 3.91. The highest BCUT2D eigenvalue weighted by atomic mass is 15.2. The predicted octanol–water partition coefficient (Wildman–Crippen LogP) is 1.83. The Hall–Kier alpha value is -1.36. The molecule has 2 rings (SSSR count). The highest BCUT2D eigenvalue weighted by molar-refractivity contribution is 5.40. The molecule has 1 N–H and O–H groups in total. The molecule has 1 fully saturated rings. The number of rotatable bonds is 5. The lowest BCUT2D eigenvalue weighted by Gasteiger charge is -2.32. The van der Waals surface area contributed by atoms with Crippen LogP contribution in [0.15, 0.2) is 12.3 Å². The van der Waals surface area contributed by atoms with E-state index in [-0.39, 0.29) is 0 Å². The third-order valence-electron chi connectivity index (χ3n) is 3.64. The van der Waals surface area contributed by atoms with Gasteiger partial charge in [0.05, 0.1) is 0 Å². The molecule has 19 heavy (non-hydrogen) atoms. The number of nitrogens with one attached hydrogen (secondary N) is 1. The second-order valence-electron chi connectivity index (χ2n) is 5.46. The highest BCUT2D eigenvalue weighted by Crippen LogP contribution is 2.13. The van der Waals surface area contributed by atoms with Crippen molar-refractivity contribution in [2.45, 2.75) is 32.2 Å². The molecule has 106 valence electrons. The van der Waals surface area contributed by atoms with Crippen LogP contribution >= 0.6 is 0 Å². The predicted molar refractivity (Wildman–Crippen MR) is 79.7 cm³/mol. The van der Waals surface area contributed by atoms with Gasteiger partial charge in [-0.25, -0.2) is 4.98 Å². The van der Waals surface area contributed by atoms with Crippen molar-refractivity contribution < 1.29 is 0 Å².